The van der Waals surface area contributed by atoms with Crippen LogP contribution >= 0.6 is 0 Å². The van der Waals surface area contributed by atoms with Gasteiger partial charge in [0.05, 0.1) is 0 Å². The normalized spacial score (nSPS) is 23.1. The number of aryl methyl sites for hydroxylation is 1. The fourth-order valence-corrected chi connectivity index (χ4v) is 2.20. The first-order valence-electron chi connectivity index (χ1n) is 5.82. The summed E-state index contributed by atoms with van der Waals surface area (Å²) in [5.74, 6) is -0.271. The van der Waals surface area contributed by atoms with E-state index in [9.17, 15) is 8.78 Å². The summed E-state index contributed by atoms with van der Waals surface area (Å²) in [5.41, 5.74) is 1.09. The number of halogens is 2. The van der Waals surface area contributed by atoms with Crippen LogP contribution in [0.5, 0.6) is 0 Å². The second-order valence-electron chi connectivity index (χ2n) is 4.47. The summed E-state index contributed by atoms with van der Waals surface area (Å²) in [6, 6.07) is 4.39. The van der Waals surface area contributed by atoms with Crippen LogP contribution in [0.1, 0.15) is 36.6 Å². The van der Waals surface area contributed by atoms with Crippen molar-refractivity contribution in [3.63, 3.8) is 0 Å². The van der Waals surface area contributed by atoms with Gasteiger partial charge in [-0.05, 0) is 43.5 Å². The summed E-state index contributed by atoms with van der Waals surface area (Å²) in [5, 5.41) is 3.18. The third kappa shape index (κ3) is 2.40. The number of hydrogen-bond acceptors (Lipinski definition) is 1. The molecular weight excluding hydrogens is 208 g/mol. The molecule has 1 aliphatic heterocycles. The van der Waals surface area contributed by atoms with E-state index in [-0.39, 0.29) is 11.9 Å². The molecule has 1 aliphatic rings. The minimum absolute atomic E-state index is 0.112. The monoisotopic (exact) mass is 225 g/mol. The Balaban J connectivity index is 2.12. The van der Waals surface area contributed by atoms with Crippen molar-refractivity contribution in [2.75, 3.05) is 6.54 Å². The van der Waals surface area contributed by atoms with E-state index in [0.29, 0.717) is 11.1 Å². The maximum absolute atomic E-state index is 14.1. The average Bonchev–Trinajstić information content (AvgIpc) is 2.33. The number of rotatable bonds is 2. The van der Waals surface area contributed by atoms with E-state index in [4.69, 9.17) is 0 Å². The van der Waals surface area contributed by atoms with E-state index < -0.39 is 6.17 Å². The van der Waals surface area contributed by atoms with Gasteiger partial charge >= 0.3 is 0 Å². The Labute approximate surface area is 94.9 Å². The van der Waals surface area contributed by atoms with Crippen LogP contribution < -0.4 is 5.32 Å². The van der Waals surface area contributed by atoms with Gasteiger partial charge in [-0.25, -0.2) is 8.78 Å². The summed E-state index contributed by atoms with van der Waals surface area (Å²) in [7, 11) is 0. The summed E-state index contributed by atoms with van der Waals surface area (Å²) in [4.78, 5) is 0. The molecule has 1 fully saturated rings. The number of piperidine rings is 1. The maximum Gasteiger partial charge on any atom is 0.140 e. The number of nitrogens with one attached hydrogen (secondary N) is 1. The SMILES string of the molecule is Cc1cc(C(F)C2CCCCN2)ccc1F. The largest absolute Gasteiger partial charge is 0.311 e. The highest BCUT2D eigenvalue weighted by Gasteiger charge is 2.24. The molecule has 1 saturated heterocycles. The lowest BCUT2D eigenvalue weighted by Crippen LogP contribution is -2.37. The van der Waals surface area contributed by atoms with Crippen molar-refractivity contribution < 1.29 is 8.78 Å². The van der Waals surface area contributed by atoms with Crippen LogP contribution in [-0.2, 0) is 0 Å². The smallest absolute Gasteiger partial charge is 0.140 e. The fourth-order valence-electron chi connectivity index (χ4n) is 2.20. The highest BCUT2D eigenvalue weighted by Crippen LogP contribution is 2.27. The molecule has 2 rings (SSSR count). The Hall–Kier alpha value is -0.960. The van der Waals surface area contributed by atoms with E-state index in [0.717, 1.165) is 25.8 Å². The first-order valence-corrected chi connectivity index (χ1v) is 5.82. The van der Waals surface area contributed by atoms with E-state index in [1.807, 2.05) is 0 Å². The fraction of sp³-hybridized carbons (Fsp3) is 0.538. The third-order valence-corrected chi connectivity index (χ3v) is 3.20. The topological polar surface area (TPSA) is 12.0 Å². The van der Waals surface area contributed by atoms with Crippen LogP contribution in [0, 0.1) is 12.7 Å². The zero-order chi connectivity index (χ0) is 11.5. The van der Waals surface area contributed by atoms with Crippen LogP contribution in [0.25, 0.3) is 0 Å². The third-order valence-electron chi connectivity index (χ3n) is 3.20. The minimum Gasteiger partial charge on any atom is -0.311 e. The summed E-state index contributed by atoms with van der Waals surface area (Å²) in [6.45, 7) is 2.55. The molecule has 0 amide bonds. The van der Waals surface area contributed by atoms with Crippen molar-refractivity contribution in [2.24, 2.45) is 0 Å². The Morgan fingerprint density at radius 2 is 2.19 bits per heavy atom. The lowest BCUT2D eigenvalue weighted by atomic mass is 9.95. The predicted octanol–water partition coefficient (Wildman–Crippen LogP) is 3.29. The van der Waals surface area contributed by atoms with Crippen molar-refractivity contribution in [2.45, 2.75) is 38.4 Å². The van der Waals surface area contributed by atoms with Gasteiger partial charge in [0.15, 0.2) is 0 Å². The number of alkyl halides is 1. The minimum atomic E-state index is -1.03. The summed E-state index contributed by atoms with van der Waals surface area (Å²) >= 11 is 0. The molecule has 16 heavy (non-hydrogen) atoms. The Morgan fingerprint density at radius 3 is 2.81 bits per heavy atom. The zero-order valence-corrected chi connectivity index (χ0v) is 9.47. The molecular formula is C13H17F2N. The van der Waals surface area contributed by atoms with Gasteiger partial charge in [0.1, 0.15) is 12.0 Å². The molecule has 0 aromatic heterocycles. The molecule has 0 saturated carbocycles. The molecule has 0 aliphatic carbocycles. The van der Waals surface area contributed by atoms with Crippen LogP contribution in [0.3, 0.4) is 0 Å². The highest BCUT2D eigenvalue weighted by atomic mass is 19.1. The van der Waals surface area contributed by atoms with Gasteiger partial charge in [-0.2, -0.15) is 0 Å². The molecule has 1 N–H and O–H groups in total. The lowest BCUT2D eigenvalue weighted by molar-refractivity contribution is 0.221. The van der Waals surface area contributed by atoms with Gasteiger partial charge in [-0.1, -0.05) is 18.6 Å². The Kier molecular flexibility index (Phi) is 3.54. The van der Waals surface area contributed by atoms with Gasteiger partial charge in [0, 0.05) is 6.04 Å². The van der Waals surface area contributed by atoms with Gasteiger partial charge in [0.2, 0.25) is 0 Å². The predicted molar refractivity (Wildman–Crippen MR) is 60.6 cm³/mol. The molecule has 88 valence electrons. The molecule has 2 atom stereocenters. The molecule has 3 heteroatoms. The van der Waals surface area contributed by atoms with E-state index in [1.54, 1.807) is 19.1 Å². The van der Waals surface area contributed by atoms with Gasteiger partial charge in [0.25, 0.3) is 0 Å². The molecule has 0 spiro atoms. The van der Waals surface area contributed by atoms with Crippen molar-refractivity contribution in [3.05, 3.63) is 35.1 Å². The van der Waals surface area contributed by atoms with Gasteiger partial charge in [-0.3, -0.25) is 0 Å². The standard InChI is InChI=1S/C13H17F2N/c1-9-8-10(5-6-11(9)14)13(15)12-4-2-3-7-16-12/h5-6,8,12-13,16H,2-4,7H2,1H3. The lowest BCUT2D eigenvalue weighted by Gasteiger charge is -2.26. The molecule has 1 heterocycles. The van der Waals surface area contributed by atoms with Crippen LogP contribution in [0.15, 0.2) is 18.2 Å². The Morgan fingerprint density at radius 1 is 1.38 bits per heavy atom. The first kappa shape index (κ1) is 11.5. The van der Waals surface area contributed by atoms with E-state index in [2.05, 4.69) is 5.32 Å². The number of benzene rings is 1. The van der Waals surface area contributed by atoms with Crippen LogP contribution in [0.4, 0.5) is 8.78 Å². The van der Waals surface area contributed by atoms with Crippen molar-refractivity contribution in [1.29, 1.82) is 0 Å². The molecule has 0 bridgehead atoms. The van der Waals surface area contributed by atoms with Gasteiger partial charge in [-0.15, -0.1) is 0 Å². The van der Waals surface area contributed by atoms with Crippen LogP contribution in [-0.4, -0.2) is 12.6 Å². The molecule has 0 radical (unpaired) electrons. The highest BCUT2D eigenvalue weighted by molar-refractivity contribution is 5.26. The van der Waals surface area contributed by atoms with Crippen molar-refractivity contribution in [1.82, 2.24) is 5.32 Å². The first-order chi connectivity index (χ1) is 7.68. The summed E-state index contributed by atoms with van der Waals surface area (Å²) < 4.78 is 27.2. The van der Waals surface area contributed by atoms with E-state index in [1.165, 1.54) is 6.07 Å². The zero-order valence-electron chi connectivity index (χ0n) is 9.47. The van der Waals surface area contributed by atoms with Crippen molar-refractivity contribution >= 4 is 0 Å². The Bertz CT molecular complexity index is 359. The molecule has 1 aromatic carbocycles. The van der Waals surface area contributed by atoms with Crippen molar-refractivity contribution in [3.8, 4) is 0 Å². The quantitative estimate of drug-likeness (QED) is 0.814. The second-order valence-corrected chi connectivity index (χ2v) is 4.47. The van der Waals surface area contributed by atoms with Crippen LogP contribution in [0.2, 0.25) is 0 Å². The second kappa shape index (κ2) is 4.91. The number of hydrogen-bond donors (Lipinski definition) is 1. The van der Waals surface area contributed by atoms with Gasteiger partial charge < -0.3 is 5.32 Å². The maximum atomic E-state index is 14.1. The molecule has 2 unspecified atom stereocenters. The molecule has 1 nitrogen and oxygen atoms in total. The van der Waals surface area contributed by atoms with E-state index >= 15 is 0 Å². The average molecular weight is 225 g/mol. The molecule has 1 aromatic rings. The summed E-state index contributed by atoms with van der Waals surface area (Å²) in [6.07, 6.45) is 2.02.